The molecule has 3 aromatic rings. The van der Waals surface area contributed by atoms with E-state index < -0.39 is 5.97 Å². The van der Waals surface area contributed by atoms with Gasteiger partial charge in [0.05, 0.1) is 5.75 Å². The zero-order chi connectivity index (χ0) is 15.2. The predicted octanol–water partition coefficient (Wildman–Crippen LogP) is 4.99. The third-order valence-corrected chi connectivity index (χ3v) is 4.80. The highest BCUT2D eigenvalue weighted by Crippen LogP contribution is 2.23. The van der Waals surface area contributed by atoms with E-state index >= 15 is 0 Å². The number of hydrogen-bond acceptors (Lipinski definition) is 5. The molecule has 0 N–H and O–H groups in total. The van der Waals surface area contributed by atoms with Crippen LogP contribution in [0.1, 0.15) is 21.2 Å². The summed E-state index contributed by atoms with van der Waals surface area (Å²) in [7, 11) is 0. The Morgan fingerprint density at radius 3 is 2.73 bits per heavy atom. The quantitative estimate of drug-likeness (QED) is 0.471. The number of benzene rings is 1. The molecule has 0 aliphatic heterocycles. The first-order chi connectivity index (χ1) is 10.8. The Morgan fingerprint density at radius 1 is 1.09 bits per heavy atom. The summed E-state index contributed by atoms with van der Waals surface area (Å²) in [5.74, 6) is 1.27. The number of rotatable bonds is 6. The van der Waals surface area contributed by atoms with Crippen LogP contribution in [0.15, 0.2) is 69.3 Å². The molecule has 0 aliphatic rings. The van der Waals surface area contributed by atoms with Crippen LogP contribution in [0, 0.1) is 0 Å². The molecular weight excluding hydrogens is 316 g/mol. The summed E-state index contributed by atoms with van der Waals surface area (Å²) in [6, 6.07) is 17.4. The van der Waals surface area contributed by atoms with Crippen LogP contribution >= 0.6 is 23.1 Å². The fourth-order valence-electron chi connectivity index (χ4n) is 1.84. The Morgan fingerprint density at radius 2 is 1.95 bits per heavy atom. The van der Waals surface area contributed by atoms with E-state index in [2.05, 4.69) is 0 Å². The molecule has 22 heavy (non-hydrogen) atoms. The lowest BCUT2D eigenvalue weighted by molar-refractivity contribution is 0.0438. The summed E-state index contributed by atoms with van der Waals surface area (Å²) >= 11 is 3.23. The molecule has 2 aromatic heterocycles. The minimum absolute atomic E-state index is 0.250. The number of esters is 1. The van der Waals surface area contributed by atoms with Gasteiger partial charge in [-0.1, -0.05) is 24.3 Å². The smallest absolute Gasteiger partial charge is 0.374 e. The van der Waals surface area contributed by atoms with E-state index in [0.717, 1.165) is 10.6 Å². The van der Waals surface area contributed by atoms with Crippen molar-refractivity contribution in [3.8, 4) is 0 Å². The second-order valence-electron chi connectivity index (χ2n) is 4.52. The molecule has 112 valence electrons. The van der Waals surface area contributed by atoms with Gasteiger partial charge in [-0.3, -0.25) is 0 Å². The fourth-order valence-corrected chi connectivity index (χ4v) is 3.27. The van der Waals surface area contributed by atoms with Crippen molar-refractivity contribution in [1.29, 1.82) is 0 Å². The van der Waals surface area contributed by atoms with Crippen molar-refractivity contribution in [2.24, 2.45) is 0 Å². The van der Waals surface area contributed by atoms with Crippen molar-refractivity contribution < 1.29 is 13.9 Å². The van der Waals surface area contributed by atoms with Crippen molar-refractivity contribution >= 4 is 29.1 Å². The molecule has 0 saturated carbocycles. The van der Waals surface area contributed by atoms with E-state index in [1.807, 2.05) is 53.9 Å². The highest BCUT2D eigenvalue weighted by Gasteiger charge is 2.13. The Labute approximate surface area is 136 Å². The monoisotopic (exact) mass is 330 g/mol. The molecule has 0 aliphatic carbocycles. The van der Waals surface area contributed by atoms with Gasteiger partial charge >= 0.3 is 5.97 Å². The number of furan rings is 1. The van der Waals surface area contributed by atoms with Gasteiger partial charge in [-0.05, 0) is 35.7 Å². The van der Waals surface area contributed by atoms with Gasteiger partial charge in [0.25, 0.3) is 0 Å². The Bertz CT molecular complexity index is 717. The van der Waals surface area contributed by atoms with E-state index in [1.165, 1.54) is 4.90 Å². The minimum atomic E-state index is -0.427. The highest BCUT2D eigenvalue weighted by molar-refractivity contribution is 7.98. The Hall–Kier alpha value is -1.98. The topological polar surface area (TPSA) is 39.4 Å². The van der Waals surface area contributed by atoms with Crippen LogP contribution in [0.3, 0.4) is 0 Å². The third kappa shape index (κ3) is 4.02. The number of thioether (sulfide) groups is 1. The van der Waals surface area contributed by atoms with Crippen LogP contribution in [-0.4, -0.2) is 5.97 Å². The fraction of sp³-hybridized carbons (Fsp3) is 0.118. The van der Waals surface area contributed by atoms with Gasteiger partial charge < -0.3 is 9.15 Å². The summed E-state index contributed by atoms with van der Waals surface area (Å²) < 4.78 is 10.8. The van der Waals surface area contributed by atoms with E-state index in [9.17, 15) is 4.79 Å². The van der Waals surface area contributed by atoms with Crippen LogP contribution in [0.4, 0.5) is 0 Å². The number of hydrogen-bond donors (Lipinski definition) is 0. The van der Waals surface area contributed by atoms with Crippen LogP contribution in [0.5, 0.6) is 0 Å². The maximum absolute atomic E-state index is 11.9. The Balaban J connectivity index is 1.53. The molecule has 0 amide bonds. The molecular formula is C17H14O3S2. The highest BCUT2D eigenvalue weighted by atomic mass is 32.2. The van der Waals surface area contributed by atoms with Gasteiger partial charge in [-0.2, -0.15) is 0 Å². The SMILES string of the molecule is O=C(OCc1cccs1)c1ccc(CSc2ccccc2)o1. The van der Waals surface area contributed by atoms with E-state index in [1.54, 1.807) is 29.2 Å². The first-order valence-electron chi connectivity index (χ1n) is 6.77. The van der Waals surface area contributed by atoms with Crippen LogP contribution in [0.2, 0.25) is 0 Å². The average Bonchev–Trinajstić information content (AvgIpc) is 3.23. The van der Waals surface area contributed by atoms with Gasteiger partial charge in [-0.15, -0.1) is 23.1 Å². The number of carbonyl (C=O) groups excluding carboxylic acids is 1. The molecule has 0 atom stereocenters. The molecule has 0 radical (unpaired) electrons. The van der Waals surface area contributed by atoms with Crippen LogP contribution < -0.4 is 0 Å². The molecule has 0 saturated heterocycles. The molecule has 3 nitrogen and oxygen atoms in total. The van der Waals surface area contributed by atoms with Crippen molar-refractivity contribution in [3.63, 3.8) is 0 Å². The summed E-state index contributed by atoms with van der Waals surface area (Å²) in [5.41, 5.74) is 0. The second kappa shape index (κ2) is 7.33. The van der Waals surface area contributed by atoms with Crippen molar-refractivity contribution in [2.75, 3.05) is 0 Å². The zero-order valence-corrected chi connectivity index (χ0v) is 13.4. The summed E-state index contributed by atoms with van der Waals surface area (Å²) in [4.78, 5) is 14.1. The van der Waals surface area contributed by atoms with Gasteiger partial charge in [0.15, 0.2) is 0 Å². The third-order valence-electron chi connectivity index (χ3n) is 2.91. The lowest BCUT2D eigenvalue weighted by Gasteiger charge is -2.01. The predicted molar refractivity (Wildman–Crippen MR) is 88.1 cm³/mol. The van der Waals surface area contributed by atoms with E-state index in [4.69, 9.17) is 9.15 Å². The molecule has 3 rings (SSSR count). The molecule has 1 aromatic carbocycles. The summed E-state index contributed by atoms with van der Waals surface area (Å²) in [6.45, 7) is 0.283. The average molecular weight is 330 g/mol. The first kappa shape index (κ1) is 14.9. The van der Waals surface area contributed by atoms with Crippen LogP contribution in [0.25, 0.3) is 0 Å². The molecule has 0 fully saturated rings. The van der Waals surface area contributed by atoms with Gasteiger partial charge in [-0.25, -0.2) is 4.79 Å². The minimum Gasteiger partial charge on any atom is -0.454 e. The van der Waals surface area contributed by atoms with Crippen molar-refractivity contribution in [1.82, 2.24) is 0 Å². The van der Waals surface area contributed by atoms with E-state index in [0.29, 0.717) is 5.75 Å². The molecule has 2 heterocycles. The summed E-state index contributed by atoms with van der Waals surface area (Å²) in [5, 5.41) is 1.95. The zero-order valence-electron chi connectivity index (χ0n) is 11.7. The standard InChI is InChI=1S/C17H14O3S2/c18-17(19-11-15-7-4-10-21-15)16-9-8-13(20-16)12-22-14-5-2-1-3-6-14/h1-10H,11-12H2. The molecule has 5 heteroatoms. The Kier molecular flexibility index (Phi) is 4.98. The number of ether oxygens (including phenoxy) is 1. The largest absolute Gasteiger partial charge is 0.454 e. The molecule has 0 bridgehead atoms. The number of thiophene rings is 1. The first-order valence-corrected chi connectivity index (χ1v) is 8.64. The number of carbonyl (C=O) groups is 1. The lowest BCUT2D eigenvalue weighted by Crippen LogP contribution is -2.02. The summed E-state index contributed by atoms with van der Waals surface area (Å²) in [6.07, 6.45) is 0. The maximum Gasteiger partial charge on any atom is 0.374 e. The molecule has 0 unspecified atom stereocenters. The van der Waals surface area contributed by atoms with Gasteiger partial charge in [0.1, 0.15) is 12.4 Å². The van der Waals surface area contributed by atoms with Crippen LogP contribution in [-0.2, 0) is 17.1 Å². The maximum atomic E-state index is 11.9. The second-order valence-corrected chi connectivity index (χ2v) is 6.60. The molecule has 0 spiro atoms. The van der Waals surface area contributed by atoms with Crippen molar-refractivity contribution in [2.45, 2.75) is 17.3 Å². The van der Waals surface area contributed by atoms with Gasteiger partial charge in [0, 0.05) is 9.77 Å². The van der Waals surface area contributed by atoms with Crippen molar-refractivity contribution in [3.05, 3.63) is 76.4 Å². The normalized spacial score (nSPS) is 10.5. The van der Waals surface area contributed by atoms with E-state index in [-0.39, 0.29) is 12.4 Å². The van der Waals surface area contributed by atoms with Gasteiger partial charge in [0.2, 0.25) is 5.76 Å². The lowest BCUT2D eigenvalue weighted by atomic mass is 10.4.